The van der Waals surface area contributed by atoms with Gasteiger partial charge in [0.1, 0.15) is 5.76 Å². The molecule has 2 aliphatic carbocycles. The molecular formula is C25H27NO2. The molecule has 0 spiro atoms. The summed E-state index contributed by atoms with van der Waals surface area (Å²) in [4.78, 5) is 17.9. The summed E-state index contributed by atoms with van der Waals surface area (Å²) in [6.07, 6.45) is 3.43. The zero-order valence-corrected chi connectivity index (χ0v) is 16.6. The van der Waals surface area contributed by atoms with Gasteiger partial charge in [0, 0.05) is 18.6 Å². The van der Waals surface area contributed by atoms with Gasteiger partial charge in [-0.05, 0) is 48.8 Å². The standard InChI is InChI=1S/C25H27NO2/c1-3-22(26-21-12-18-6-4-5-7-19(18)13-21)25-23(27)14-20(15-24(25)28)17-10-8-16(2)9-11-17/h4-11,20-21,27H,3,12-15H2,1-2H3. The summed E-state index contributed by atoms with van der Waals surface area (Å²) in [5.74, 6) is 0.272. The Labute approximate surface area is 166 Å². The first-order valence-electron chi connectivity index (χ1n) is 10.2. The zero-order valence-electron chi connectivity index (χ0n) is 16.6. The predicted octanol–water partition coefficient (Wildman–Crippen LogP) is 5.27. The number of hydrogen-bond donors (Lipinski definition) is 1. The first-order valence-corrected chi connectivity index (χ1v) is 10.2. The smallest absolute Gasteiger partial charge is 0.168 e. The van der Waals surface area contributed by atoms with Crippen LogP contribution in [-0.4, -0.2) is 22.6 Å². The van der Waals surface area contributed by atoms with Crippen molar-refractivity contribution < 1.29 is 9.90 Å². The number of aliphatic hydroxyl groups excluding tert-OH is 1. The third-order valence-corrected chi connectivity index (χ3v) is 5.98. The molecular weight excluding hydrogens is 346 g/mol. The van der Waals surface area contributed by atoms with Crippen molar-refractivity contribution in [2.45, 2.75) is 57.9 Å². The second kappa shape index (κ2) is 7.75. The highest BCUT2D eigenvalue weighted by Gasteiger charge is 2.31. The Bertz CT molecular complexity index is 928. The molecule has 0 fully saturated rings. The van der Waals surface area contributed by atoms with Gasteiger partial charge in [-0.3, -0.25) is 9.79 Å². The molecule has 1 unspecified atom stereocenters. The maximum absolute atomic E-state index is 12.9. The largest absolute Gasteiger partial charge is 0.511 e. The second-order valence-electron chi connectivity index (χ2n) is 8.02. The van der Waals surface area contributed by atoms with E-state index in [0.717, 1.165) is 24.1 Å². The molecule has 0 saturated carbocycles. The summed E-state index contributed by atoms with van der Waals surface area (Å²) in [6, 6.07) is 16.9. The van der Waals surface area contributed by atoms with Crippen molar-refractivity contribution in [1.29, 1.82) is 0 Å². The molecule has 0 aliphatic heterocycles. The molecule has 0 saturated heterocycles. The number of aliphatic hydroxyl groups is 1. The number of hydrogen-bond acceptors (Lipinski definition) is 3. The van der Waals surface area contributed by atoms with E-state index in [9.17, 15) is 9.90 Å². The molecule has 28 heavy (non-hydrogen) atoms. The number of Topliss-reactive ketones (excluding diaryl/α,β-unsaturated/α-hetero) is 1. The van der Waals surface area contributed by atoms with Crippen LogP contribution in [0.2, 0.25) is 0 Å². The van der Waals surface area contributed by atoms with Gasteiger partial charge in [-0.25, -0.2) is 0 Å². The molecule has 0 aromatic heterocycles. The van der Waals surface area contributed by atoms with Crippen LogP contribution in [0.1, 0.15) is 54.4 Å². The SMILES string of the molecule is CCC(=NC1Cc2ccccc2C1)C1=C(O)CC(c2ccc(C)cc2)CC1=O. The van der Waals surface area contributed by atoms with E-state index < -0.39 is 0 Å². The van der Waals surface area contributed by atoms with E-state index in [1.807, 2.05) is 6.92 Å². The molecule has 0 amide bonds. The van der Waals surface area contributed by atoms with Gasteiger partial charge in [0.2, 0.25) is 0 Å². The second-order valence-corrected chi connectivity index (χ2v) is 8.02. The lowest BCUT2D eigenvalue weighted by Gasteiger charge is -2.25. The maximum Gasteiger partial charge on any atom is 0.168 e. The molecule has 3 nitrogen and oxygen atoms in total. The molecule has 2 aromatic rings. The number of carbonyl (C=O) groups is 1. The van der Waals surface area contributed by atoms with Gasteiger partial charge in [-0.1, -0.05) is 61.0 Å². The summed E-state index contributed by atoms with van der Waals surface area (Å²) in [5.41, 5.74) is 6.25. The summed E-state index contributed by atoms with van der Waals surface area (Å²) in [6.45, 7) is 4.07. The minimum Gasteiger partial charge on any atom is -0.511 e. The Morgan fingerprint density at radius 2 is 1.64 bits per heavy atom. The van der Waals surface area contributed by atoms with E-state index >= 15 is 0 Å². The van der Waals surface area contributed by atoms with E-state index in [2.05, 4.69) is 55.5 Å². The topological polar surface area (TPSA) is 49.7 Å². The third kappa shape index (κ3) is 3.66. The quantitative estimate of drug-likeness (QED) is 0.742. The Kier molecular flexibility index (Phi) is 5.17. The van der Waals surface area contributed by atoms with Crippen LogP contribution in [-0.2, 0) is 17.6 Å². The fraction of sp³-hybridized carbons (Fsp3) is 0.360. The van der Waals surface area contributed by atoms with Crippen LogP contribution in [0.4, 0.5) is 0 Å². The van der Waals surface area contributed by atoms with Crippen LogP contribution in [0.15, 0.2) is 64.9 Å². The van der Waals surface area contributed by atoms with Gasteiger partial charge in [0.05, 0.1) is 11.6 Å². The van der Waals surface area contributed by atoms with Crippen LogP contribution in [0.3, 0.4) is 0 Å². The lowest BCUT2D eigenvalue weighted by Crippen LogP contribution is -2.24. The van der Waals surface area contributed by atoms with Gasteiger partial charge < -0.3 is 5.11 Å². The van der Waals surface area contributed by atoms with E-state index in [1.165, 1.54) is 16.7 Å². The molecule has 0 heterocycles. The number of rotatable bonds is 4. The van der Waals surface area contributed by atoms with Crippen molar-refractivity contribution in [2.24, 2.45) is 4.99 Å². The Morgan fingerprint density at radius 3 is 2.21 bits per heavy atom. The average Bonchev–Trinajstić information content (AvgIpc) is 3.09. The van der Waals surface area contributed by atoms with Crippen LogP contribution in [0.25, 0.3) is 0 Å². The van der Waals surface area contributed by atoms with Crippen molar-refractivity contribution in [3.05, 3.63) is 82.1 Å². The maximum atomic E-state index is 12.9. The molecule has 3 heteroatoms. The highest BCUT2D eigenvalue weighted by atomic mass is 16.3. The monoisotopic (exact) mass is 373 g/mol. The zero-order chi connectivity index (χ0) is 19.7. The number of fused-ring (bicyclic) bond motifs is 1. The van der Waals surface area contributed by atoms with Gasteiger partial charge in [-0.15, -0.1) is 0 Å². The lowest BCUT2D eigenvalue weighted by atomic mass is 9.81. The first kappa shape index (κ1) is 18.7. The van der Waals surface area contributed by atoms with Crippen LogP contribution < -0.4 is 0 Å². The van der Waals surface area contributed by atoms with E-state index in [0.29, 0.717) is 24.8 Å². The van der Waals surface area contributed by atoms with E-state index in [4.69, 9.17) is 4.99 Å². The Morgan fingerprint density at radius 1 is 1.00 bits per heavy atom. The van der Waals surface area contributed by atoms with Crippen LogP contribution >= 0.6 is 0 Å². The van der Waals surface area contributed by atoms with E-state index in [1.54, 1.807) is 0 Å². The van der Waals surface area contributed by atoms with Crippen molar-refractivity contribution in [3.8, 4) is 0 Å². The van der Waals surface area contributed by atoms with Crippen molar-refractivity contribution in [2.75, 3.05) is 0 Å². The third-order valence-electron chi connectivity index (χ3n) is 5.98. The van der Waals surface area contributed by atoms with Gasteiger partial charge >= 0.3 is 0 Å². The number of carbonyl (C=O) groups excluding carboxylic acids is 1. The average molecular weight is 373 g/mol. The summed E-state index contributed by atoms with van der Waals surface area (Å²) < 4.78 is 0. The lowest BCUT2D eigenvalue weighted by molar-refractivity contribution is -0.116. The number of aliphatic imine (C=N–C) groups is 1. The first-order chi connectivity index (χ1) is 13.5. The molecule has 0 bridgehead atoms. The number of aryl methyl sites for hydroxylation is 1. The summed E-state index contributed by atoms with van der Waals surface area (Å²) in [7, 11) is 0. The molecule has 2 aromatic carbocycles. The van der Waals surface area contributed by atoms with Gasteiger partial charge in [-0.2, -0.15) is 0 Å². The molecule has 1 N–H and O–H groups in total. The Hall–Kier alpha value is -2.68. The van der Waals surface area contributed by atoms with Crippen molar-refractivity contribution in [3.63, 3.8) is 0 Å². The van der Waals surface area contributed by atoms with Gasteiger partial charge in [0.15, 0.2) is 5.78 Å². The Balaban J connectivity index is 1.57. The summed E-state index contributed by atoms with van der Waals surface area (Å²) >= 11 is 0. The molecule has 0 radical (unpaired) electrons. The minimum absolute atomic E-state index is 0.0189. The number of benzene rings is 2. The number of nitrogens with zero attached hydrogens (tertiary/aromatic N) is 1. The molecule has 1 atom stereocenters. The molecule has 2 aliphatic rings. The van der Waals surface area contributed by atoms with Crippen molar-refractivity contribution in [1.82, 2.24) is 0 Å². The fourth-order valence-electron chi connectivity index (χ4n) is 4.48. The van der Waals surface area contributed by atoms with E-state index in [-0.39, 0.29) is 23.5 Å². The molecule has 4 rings (SSSR count). The normalized spacial score (nSPS) is 20.6. The fourth-order valence-corrected chi connectivity index (χ4v) is 4.48. The van der Waals surface area contributed by atoms with Crippen LogP contribution in [0, 0.1) is 6.92 Å². The van der Waals surface area contributed by atoms with Gasteiger partial charge in [0.25, 0.3) is 0 Å². The predicted molar refractivity (Wildman–Crippen MR) is 113 cm³/mol. The number of allylic oxidation sites excluding steroid dienone is 2. The molecule has 144 valence electrons. The minimum atomic E-state index is 0.0189. The van der Waals surface area contributed by atoms with Crippen molar-refractivity contribution >= 4 is 11.5 Å². The highest BCUT2D eigenvalue weighted by molar-refractivity contribution is 6.23. The number of ketones is 1. The summed E-state index contributed by atoms with van der Waals surface area (Å²) in [5, 5.41) is 10.8. The van der Waals surface area contributed by atoms with Crippen LogP contribution in [0.5, 0.6) is 0 Å². The highest BCUT2D eigenvalue weighted by Crippen LogP contribution is 2.35.